The van der Waals surface area contributed by atoms with Gasteiger partial charge in [0, 0.05) is 4.47 Å². The molecule has 21 heavy (non-hydrogen) atoms. The summed E-state index contributed by atoms with van der Waals surface area (Å²) in [6, 6.07) is 10.7. The molecule has 0 saturated carbocycles. The van der Waals surface area contributed by atoms with Crippen LogP contribution in [-0.4, -0.2) is 17.0 Å². The Bertz CT molecular complexity index is 686. The summed E-state index contributed by atoms with van der Waals surface area (Å²) in [4.78, 5) is 22.9. The molecule has 0 unspecified atom stereocenters. The highest BCUT2D eigenvalue weighted by Gasteiger charge is 2.16. The van der Waals surface area contributed by atoms with Crippen molar-refractivity contribution in [2.24, 2.45) is 0 Å². The van der Waals surface area contributed by atoms with Crippen molar-refractivity contribution in [3.05, 3.63) is 63.9 Å². The number of para-hydroxylation sites is 1. The van der Waals surface area contributed by atoms with Crippen molar-refractivity contribution >= 4 is 33.5 Å². The van der Waals surface area contributed by atoms with Crippen molar-refractivity contribution in [2.75, 3.05) is 5.32 Å². The number of carboxylic acid groups (broad SMARTS) is 1. The van der Waals surface area contributed by atoms with Gasteiger partial charge in [0.1, 0.15) is 5.82 Å². The van der Waals surface area contributed by atoms with Gasteiger partial charge >= 0.3 is 5.97 Å². The third-order valence-electron chi connectivity index (χ3n) is 2.79. The highest BCUT2D eigenvalue weighted by molar-refractivity contribution is 9.10. The Hall–Kier alpha value is -2.21. The smallest absolute Gasteiger partial charge is 0.337 e. The summed E-state index contributed by atoms with van der Waals surface area (Å²) >= 11 is 3.29. The number of carbonyl (C=O) groups is 2. The largest absolute Gasteiger partial charge is 0.478 e. The van der Waals surface area contributed by atoms with Crippen LogP contribution in [0.2, 0.25) is 0 Å². The van der Waals surface area contributed by atoms with Gasteiger partial charge in [-0.1, -0.05) is 34.1 Å². The van der Waals surface area contributed by atoms with E-state index in [0.29, 0.717) is 0 Å². The second-order valence-corrected chi connectivity index (χ2v) is 5.23. The van der Waals surface area contributed by atoms with Crippen LogP contribution in [0.15, 0.2) is 46.9 Å². The van der Waals surface area contributed by atoms with Gasteiger partial charge in [-0.3, -0.25) is 4.79 Å². The molecular weight excluding hydrogens is 341 g/mol. The summed E-state index contributed by atoms with van der Waals surface area (Å²) in [5, 5.41) is 11.3. The van der Waals surface area contributed by atoms with Crippen LogP contribution < -0.4 is 5.32 Å². The Labute approximate surface area is 128 Å². The predicted molar refractivity (Wildman–Crippen MR) is 79.8 cm³/mol. The first-order chi connectivity index (χ1) is 9.97. The molecule has 6 heteroatoms. The molecule has 0 saturated heterocycles. The van der Waals surface area contributed by atoms with Gasteiger partial charge in [0.2, 0.25) is 5.91 Å². The molecule has 2 N–H and O–H groups in total. The lowest BCUT2D eigenvalue weighted by Crippen LogP contribution is -2.18. The van der Waals surface area contributed by atoms with Crippen LogP contribution in [-0.2, 0) is 11.2 Å². The second kappa shape index (κ2) is 6.49. The van der Waals surface area contributed by atoms with Gasteiger partial charge in [-0.05, 0) is 29.8 Å². The van der Waals surface area contributed by atoms with E-state index in [0.717, 1.165) is 16.1 Å². The maximum atomic E-state index is 13.7. The molecular formula is C15H11BrFNO3. The molecule has 0 heterocycles. The van der Waals surface area contributed by atoms with Crippen molar-refractivity contribution in [3.8, 4) is 0 Å². The topological polar surface area (TPSA) is 66.4 Å². The fourth-order valence-corrected chi connectivity index (χ4v) is 2.06. The third kappa shape index (κ3) is 3.88. The molecule has 2 aromatic rings. The average Bonchev–Trinajstić information content (AvgIpc) is 2.43. The maximum absolute atomic E-state index is 13.7. The lowest BCUT2D eigenvalue weighted by Gasteiger charge is -2.09. The van der Waals surface area contributed by atoms with Gasteiger partial charge < -0.3 is 10.4 Å². The van der Waals surface area contributed by atoms with Gasteiger partial charge in [0.15, 0.2) is 0 Å². The van der Waals surface area contributed by atoms with E-state index in [-0.39, 0.29) is 17.7 Å². The number of carboxylic acids is 1. The molecule has 4 nitrogen and oxygen atoms in total. The molecule has 108 valence electrons. The van der Waals surface area contributed by atoms with Crippen LogP contribution in [0, 0.1) is 5.82 Å². The molecule has 2 aromatic carbocycles. The standard InChI is InChI=1S/C15H11BrFNO3/c16-10-6-4-9(5-7-10)8-13(19)18-14-11(15(20)21)2-1-3-12(14)17/h1-7H,8H2,(H,18,19)(H,20,21). The van der Waals surface area contributed by atoms with Crippen LogP contribution in [0.25, 0.3) is 0 Å². The zero-order chi connectivity index (χ0) is 15.4. The number of hydrogen-bond acceptors (Lipinski definition) is 2. The molecule has 0 aromatic heterocycles. The van der Waals surface area contributed by atoms with Crippen molar-refractivity contribution in [1.82, 2.24) is 0 Å². The minimum absolute atomic E-state index is 0.0284. The number of anilines is 1. The van der Waals surface area contributed by atoms with Crippen molar-refractivity contribution < 1.29 is 19.1 Å². The van der Waals surface area contributed by atoms with Crippen LogP contribution in [0.5, 0.6) is 0 Å². The fraction of sp³-hybridized carbons (Fsp3) is 0.0667. The molecule has 0 aliphatic rings. The molecule has 2 rings (SSSR count). The van der Waals surface area contributed by atoms with E-state index in [1.165, 1.54) is 12.1 Å². The minimum Gasteiger partial charge on any atom is -0.478 e. The van der Waals surface area contributed by atoms with Crippen molar-refractivity contribution in [3.63, 3.8) is 0 Å². The Morgan fingerprint density at radius 2 is 1.81 bits per heavy atom. The average molecular weight is 352 g/mol. The summed E-state index contributed by atoms with van der Waals surface area (Å²) in [5.41, 5.74) is 0.148. The summed E-state index contributed by atoms with van der Waals surface area (Å²) in [5.74, 6) is -2.56. The highest BCUT2D eigenvalue weighted by Crippen LogP contribution is 2.20. The zero-order valence-corrected chi connectivity index (χ0v) is 12.4. The number of aromatic carboxylic acids is 1. The van der Waals surface area contributed by atoms with Crippen LogP contribution in [0.4, 0.5) is 10.1 Å². The summed E-state index contributed by atoms with van der Waals surface area (Å²) in [6.45, 7) is 0. The highest BCUT2D eigenvalue weighted by atomic mass is 79.9. The predicted octanol–water partition coefficient (Wildman–Crippen LogP) is 3.47. The summed E-state index contributed by atoms with van der Waals surface area (Å²) in [7, 11) is 0. The van der Waals surface area contributed by atoms with Crippen LogP contribution >= 0.6 is 15.9 Å². The Morgan fingerprint density at radius 3 is 2.43 bits per heavy atom. The number of hydrogen-bond donors (Lipinski definition) is 2. The SMILES string of the molecule is O=C(Cc1ccc(Br)cc1)Nc1c(F)cccc1C(=O)O. The Kier molecular flexibility index (Phi) is 4.70. The first-order valence-corrected chi connectivity index (χ1v) is 6.83. The van der Waals surface area contributed by atoms with E-state index in [1.54, 1.807) is 24.3 Å². The lowest BCUT2D eigenvalue weighted by molar-refractivity contribution is -0.115. The number of rotatable bonds is 4. The quantitative estimate of drug-likeness (QED) is 0.886. The number of amides is 1. The van der Waals surface area contributed by atoms with Gasteiger partial charge in [-0.15, -0.1) is 0 Å². The summed E-state index contributed by atoms with van der Waals surface area (Å²) < 4.78 is 14.6. The van der Waals surface area contributed by atoms with Crippen molar-refractivity contribution in [1.29, 1.82) is 0 Å². The maximum Gasteiger partial charge on any atom is 0.337 e. The molecule has 0 aliphatic carbocycles. The number of nitrogens with one attached hydrogen (secondary N) is 1. The zero-order valence-electron chi connectivity index (χ0n) is 10.8. The van der Waals surface area contributed by atoms with Crippen LogP contribution in [0.1, 0.15) is 15.9 Å². The fourth-order valence-electron chi connectivity index (χ4n) is 1.80. The second-order valence-electron chi connectivity index (χ2n) is 4.32. The third-order valence-corrected chi connectivity index (χ3v) is 3.32. The van der Waals surface area contributed by atoms with E-state index in [2.05, 4.69) is 21.2 Å². The lowest BCUT2D eigenvalue weighted by atomic mass is 10.1. The van der Waals surface area contributed by atoms with E-state index in [1.807, 2.05) is 0 Å². The molecule has 0 radical (unpaired) electrons. The molecule has 0 bridgehead atoms. The minimum atomic E-state index is -1.30. The number of benzene rings is 2. The molecule has 1 amide bonds. The molecule has 0 aliphatic heterocycles. The molecule has 0 fully saturated rings. The van der Waals surface area contributed by atoms with Gasteiger partial charge in [-0.2, -0.15) is 0 Å². The Morgan fingerprint density at radius 1 is 1.14 bits per heavy atom. The van der Waals surface area contributed by atoms with E-state index < -0.39 is 17.7 Å². The van der Waals surface area contributed by atoms with E-state index in [9.17, 15) is 14.0 Å². The van der Waals surface area contributed by atoms with E-state index in [4.69, 9.17) is 5.11 Å². The Balaban J connectivity index is 2.16. The first kappa shape index (κ1) is 15.2. The first-order valence-electron chi connectivity index (χ1n) is 6.03. The monoisotopic (exact) mass is 351 g/mol. The number of carbonyl (C=O) groups excluding carboxylic acids is 1. The van der Waals surface area contributed by atoms with E-state index >= 15 is 0 Å². The normalized spacial score (nSPS) is 10.2. The summed E-state index contributed by atoms with van der Waals surface area (Å²) in [6.07, 6.45) is 0.0284. The molecule has 0 atom stereocenters. The van der Waals surface area contributed by atoms with Crippen molar-refractivity contribution in [2.45, 2.75) is 6.42 Å². The van der Waals surface area contributed by atoms with Crippen LogP contribution in [0.3, 0.4) is 0 Å². The van der Waals surface area contributed by atoms with Gasteiger partial charge in [-0.25, -0.2) is 9.18 Å². The van der Waals surface area contributed by atoms with Gasteiger partial charge in [0.05, 0.1) is 17.7 Å². The molecule has 0 spiro atoms. The number of halogens is 2. The van der Waals surface area contributed by atoms with Gasteiger partial charge in [0.25, 0.3) is 0 Å².